The summed E-state index contributed by atoms with van der Waals surface area (Å²) < 4.78 is 0. The van der Waals surface area contributed by atoms with Crippen molar-refractivity contribution >= 4 is 6.47 Å². The third kappa shape index (κ3) is 287. The van der Waals surface area contributed by atoms with Crippen LogP contribution >= 0.6 is 0 Å². The van der Waals surface area contributed by atoms with Crippen LogP contribution in [0.3, 0.4) is 0 Å². The fourth-order valence-electron chi connectivity index (χ4n) is 0. The van der Waals surface area contributed by atoms with Crippen LogP contribution in [0.1, 0.15) is 0 Å². The molecule has 0 saturated heterocycles. The van der Waals surface area contributed by atoms with Gasteiger partial charge in [0.05, 0.1) is 0 Å². The van der Waals surface area contributed by atoms with Gasteiger partial charge in [-0.2, -0.15) is 0 Å². The van der Waals surface area contributed by atoms with Crippen molar-refractivity contribution in [1.29, 1.82) is 0 Å². The van der Waals surface area contributed by atoms with Crippen LogP contribution in [0.4, 0.5) is 0 Å². The van der Waals surface area contributed by atoms with Crippen LogP contribution in [0, 0.1) is 0 Å². The van der Waals surface area contributed by atoms with Crippen molar-refractivity contribution in [2.45, 2.75) is 0 Å². The van der Waals surface area contributed by atoms with Gasteiger partial charge in [-0.3, -0.25) is 4.79 Å². The van der Waals surface area contributed by atoms with Crippen molar-refractivity contribution in [3.8, 4) is 0 Å². The maximum atomic E-state index is 8.36. The largest absolute Gasteiger partial charge is 0.483 e. The number of rotatable bonds is 0. The third-order valence-electron chi connectivity index (χ3n) is 0. The van der Waals surface area contributed by atoms with E-state index in [-0.39, 0.29) is 26.0 Å². The summed E-state index contributed by atoms with van der Waals surface area (Å²) in [6.45, 7) is -0.250. The number of carbonyl (C=O) groups is 1. The van der Waals surface area contributed by atoms with Crippen LogP contribution < -0.4 is 0 Å². The Labute approximate surface area is 36.6 Å². The maximum absolute atomic E-state index is 8.36. The quantitative estimate of drug-likeness (QED) is 0.377. The summed E-state index contributed by atoms with van der Waals surface area (Å²) >= 11 is 0. The molecule has 0 rings (SSSR count). The molecule has 0 aliphatic rings. The average Bonchev–Trinajstić information content (AvgIpc) is 0.918. The summed E-state index contributed by atoms with van der Waals surface area (Å²) in [4.78, 5) is 8.36. The van der Waals surface area contributed by atoms with Crippen LogP contribution in [0.2, 0.25) is 0 Å². The van der Waals surface area contributed by atoms with Gasteiger partial charge in [-0.05, 0) is 0 Å². The molecule has 0 aliphatic heterocycles. The molecule has 0 aromatic rings. The fraction of sp³-hybridized carbons (Fsp3) is 0. The summed E-state index contributed by atoms with van der Waals surface area (Å²) in [5.74, 6) is 0. The molecule has 0 saturated carbocycles. The SMILES string of the molecule is O=CO.[Ru]. The second kappa shape index (κ2) is 11.3. The standard InChI is InChI=1S/CH2O2.Ru/c2-1-3;/h1H,(H,2,3);. The first-order valence-electron chi connectivity index (χ1n) is 0.494. The fourth-order valence-corrected chi connectivity index (χ4v) is 0. The van der Waals surface area contributed by atoms with Crippen molar-refractivity contribution in [1.82, 2.24) is 0 Å². The van der Waals surface area contributed by atoms with Crippen molar-refractivity contribution in [2.75, 3.05) is 0 Å². The number of hydrogen-bond donors (Lipinski definition) is 1. The van der Waals surface area contributed by atoms with Gasteiger partial charge < -0.3 is 5.11 Å². The van der Waals surface area contributed by atoms with Crippen LogP contribution in [-0.4, -0.2) is 11.6 Å². The Morgan fingerprint density at radius 1 is 1.75 bits per heavy atom. The minimum absolute atomic E-state index is 0. The van der Waals surface area contributed by atoms with E-state index in [4.69, 9.17) is 9.90 Å². The Bertz CT molecular complexity index is 13.5. The molecule has 3 heteroatoms. The average molecular weight is 147 g/mol. The molecule has 0 aliphatic carbocycles. The molecule has 0 atom stereocenters. The summed E-state index contributed by atoms with van der Waals surface area (Å²) in [5, 5.41) is 6.89. The third-order valence-corrected chi connectivity index (χ3v) is 0. The van der Waals surface area contributed by atoms with Gasteiger partial charge in [-0.15, -0.1) is 0 Å². The molecule has 0 fully saturated rings. The van der Waals surface area contributed by atoms with Gasteiger partial charge in [0.15, 0.2) is 0 Å². The van der Waals surface area contributed by atoms with E-state index in [0.29, 0.717) is 0 Å². The second-order valence-electron chi connectivity index (χ2n) is 0.105. The molecule has 0 radical (unpaired) electrons. The van der Waals surface area contributed by atoms with E-state index >= 15 is 0 Å². The molecule has 0 aromatic heterocycles. The molecule has 0 spiro atoms. The van der Waals surface area contributed by atoms with Crippen LogP contribution in [-0.2, 0) is 24.3 Å². The second-order valence-corrected chi connectivity index (χ2v) is 0.105. The van der Waals surface area contributed by atoms with Crippen molar-refractivity contribution in [3.05, 3.63) is 0 Å². The molecule has 1 N–H and O–H groups in total. The normalized spacial score (nSPS) is 3.00. The van der Waals surface area contributed by atoms with Crippen LogP contribution in [0.15, 0.2) is 0 Å². The number of hydrogen-bond acceptors (Lipinski definition) is 1. The van der Waals surface area contributed by atoms with E-state index in [1.165, 1.54) is 0 Å². The van der Waals surface area contributed by atoms with Crippen LogP contribution in [0.25, 0.3) is 0 Å². The summed E-state index contributed by atoms with van der Waals surface area (Å²) in [6.07, 6.45) is 0. The molecule has 0 unspecified atom stereocenters. The molecule has 0 amide bonds. The summed E-state index contributed by atoms with van der Waals surface area (Å²) in [7, 11) is 0. The van der Waals surface area contributed by atoms with Crippen molar-refractivity contribution < 1.29 is 29.4 Å². The summed E-state index contributed by atoms with van der Waals surface area (Å²) in [5.41, 5.74) is 0. The predicted octanol–water partition coefficient (Wildman–Crippen LogP) is -0.302. The molecular weight excluding hydrogens is 145 g/mol. The zero-order valence-corrected chi connectivity index (χ0v) is 3.52. The smallest absolute Gasteiger partial charge is 0.290 e. The predicted molar refractivity (Wildman–Crippen MR) is 8.69 cm³/mol. The van der Waals surface area contributed by atoms with Gasteiger partial charge in [-0.25, -0.2) is 0 Å². The van der Waals surface area contributed by atoms with Crippen molar-refractivity contribution in [3.63, 3.8) is 0 Å². The van der Waals surface area contributed by atoms with Gasteiger partial charge in [0.25, 0.3) is 6.47 Å². The van der Waals surface area contributed by atoms with Gasteiger partial charge in [0.2, 0.25) is 0 Å². The molecular formula is CH2O2Ru. The van der Waals surface area contributed by atoms with E-state index in [0.717, 1.165) is 0 Å². The first kappa shape index (κ1) is 8.94. The van der Waals surface area contributed by atoms with E-state index in [1.54, 1.807) is 0 Å². The Kier molecular flexibility index (Phi) is 25.3. The molecule has 0 heterocycles. The zero-order chi connectivity index (χ0) is 2.71. The first-order chi connectivity index (χ1) is 1.41. The Morgan fingerprint density at radius 3 is 1.75 bits per heavy atom. The Balaban J connectivity index is 0. The van der Waals surface area contributed by atoms with Gasteiger partial charge in [0, 0.05) is 19.5 Å². The Hall–Kier alpha value is 0.0934. The van der Waals surface area contributed by atoms with Gasteiger partial charge in [0.1, 0.15) is 0 Å². The monoisotopic (exact) mass is 148 g/mol. The number of carboxylic acid groups (broad SMARTS) is 1. The van der Waals surface area contributed by atoms with Crippen LogP contribution in [0.5, 0.6) is 0 Å². The first-order valence-corrected chi connectivity index (χ1v) is 0.494. The minimum Gasteiger partial charge on any atom is -0.483 e. The minimum atomic E-state index is -0.250. The molecule has 26 valence electrons. The van der Waals surface area contributed by atoms with E-state index in [9.17, 15) is 0 Å². The molecule has 0 bridgehead atoms. The van der Waals surface area contributed by atoms with Gasteiger partial charge in [-0.1, -0.05) is 0 Å². The van der Waals surface area contributed by atoms with Gasteiger partial charge >= 0.3 is 0 Å². The molecule has 0 aromatic carbocycles. The van der Waals surface area contributed by atoms with E-state index in [2.05, 4.69) is 0 Å². The van der Waals surface area contributed by atoms with Crippen molar-refractivity contribution in [2.24, 2.45) is 0 Å². The zero-order valence-electron chi connectivity index (χ0n) is 1.79. The van der Waals surface area contributed by atoms with E-state index < -0.39 is 0 Å². The van der Waals surface area contributed by atoms with E-state index in [1.807, 2.05) is 0 Å². The molecule has 2 nitrogen and oxygen atoms in total. The Morgan fingerprint density at radius 2 is 1.75 bits per heavy atom. The molecule has 4 heavy (non-hydrogen) atoms. The maximum Gasteiger partial charge on any atom is 0.290 e. The summed E-state index contributed by atoms with van der Waals surface area (Å²) in [6, 6.07) is 0. The topological polar surface area (TPSA) is 37.3 Å².